The van der Waals surface area contributed by atoms with E-state index in [1.165, 1.54) is 19.3 Å². The van der Waals surface area contributed by atoms with Crippen molar-refractivity contribution in [3.05, 3.63) is 0 Å². The van der Waals surface area contributed by atoms with Gasteiger partial charge in [-0.3, -0.25) is 0 Å². The van der Waals surface area contributed by atoms with Crippen molar-refractivity contribution in [2.24, 2.45) is 0 Å². The summed E-state index contributed by atoms with van der Waals surface area (Å²) in [7, 11) is 2.84. The summed E-state index contributed by atoms with van der Waals surface area (Å²) < 4.78 is 11.1. The molecule has 1 rings (SSSR count). The van der Waals surface area contributed by atoms with Gasteiger partial charge in [0.1, 0.15) is 0 Å². The molecule has 1 heterocycles. The SMILES string of the molecule is COC(C)C1([SiH3])CCCCO1. The topological polar surface area (TPSA) is 18.5 Å². The number of methoxy groups -OCH3 is 1. The molecule has 0 aromatic carbocycles. The van der Waals surface area contributed by atoms with Gasteiger partial charge in [-0.2, -0.15) is 0 Å². The first-order valence-electron chi connectivity index (χ1n) is 4.36. The van der Waals surface area contributed by atoms with E-state index < -0.39 is 0 Å². The fraction of sp³-hybridized carbons (Fsp3) is 1.00. The van der Waals surface area contributed by atoms with Gasteiger partial charge >= 0.3 is 0 Å². The van der Waals surface area contributed by atoms with E-state index in [4.69, 9.17) is 9.47 Å². The molecule has 0 radical (unpaired) electrons. The second-order valence-corrected chi connectivity index (χ2v) is 5.19. The zero-order valence-electron chi connectivity index (χ0n) is 7.72. The van der Waals surface area contributed by atoms with Gasteiger partial charge in [0.15, 0.2) is 0 Å². The molecule has 0 N–H and O–H groups in total. The number of hydrogen-bond acceptors (Lipinski definition) is 2. The standard InChI is InChI=1S/C8H18O2Si/c1-7(9-2)8(11)5-3-4-6-10-8/h7H,3-6H2,1-2,11H3. The van der Waals surface area contributed by atoms with Crippen LogP contribution >= 0.6 is 0 Å². The molecule has 0 spiro atoms. The monoisotopic (exact) mass is 174 g/mol. The lowest BCUT2D eigenvalue weighted by atomic mass is 10.0. The largest absolute Gasteiger partial charge is 0.379 e. The summed E-state index contributed by atoms with van der Waals surface area (Å²) >= 11 is 0. The fourth-order valence-electron chi connectivity index (χ4n) is 1.53. The highest BCUT2D eigenvalue weighted by Crippen LogP contribution is 2.26. The molecule has 1 saturated heterocycles. The van der Waals surface area contributed by atoms with Gasteiger partial charge in [-0.1, -0.05) is 0 Å². The minimum Gasteiger partial charge on any atom is -0.379 e. The minimum atomic E-state index is 0.104. The summed E-state index contributed by atoms with van der Waals surface area (Å²) in [5.41, 5.74) is 0. The van der Waals surface area contributed by atoms with E-state index in [1.54, 1.807) is 7.11 Å². The Labute approximate surface area is 71.7 Å². The summed E-state index contributed by atoms with van der Waals surface area (Å²) in [6.07, 6.45) is 3.99. The van der Waals surface area contributed by atoms with Crippen molar-refractivity contribution in [3.8, 4) is 0 Å². The summed E-state index contributed by atoms with van der Waals surface area (Å²) in [6, 6.07) is 0. The maximum absolute atomic E-state index is 5.75. The van der Waals surface area contributed by atoms with Crippen LogP contribution in [0.2, 0.25) is 0 Å². The van der Waals surface area contributed by atoms with E-state index in [9.17, 15) is 0 Å². The predicted molar refractivity (Wildman–Crippen MR) is 48.9 cm³/mol. The second-order valence-electron chi connectivity index (χ2n) is 3.50. The third-order valence-corrected chi connectivity index (χ3v) is 4.31. The molecule has 0 aliphatic carbocycles. The fourth-order valence-corrected chi connectivity index (χ4v) is 2.32. The van der Waals surface area contributed by atoms with Gasteiger partial charge < -0.3 is 9.47 Å². The van der Waals surface area contributed by atoms with Crippen molar-refractivity contribution >= 4 is 10.2 Å². The van der Waals surface area contributed by atoms with Gasteiger partial charge in [0.25, 0.3) is 0 Å². The van der Waals surface area contributed by atoms with Crippen LogP contribution in [0.4, 0.5) is 0 Å². The van der Waals surface area contributed by atoms with Crippen molar-refractivity contribution in [2.45, 2.75) is 37.5 Å². The second kappa shape index (κ2) is 3.69. The first kappa shape index (κ1) is 9.23. The van der Waals surface area contributed by atoms with Crippen molar-refractivity contribution < 1.29 is 9.47 Å². The van der Waals surface area contributed by atoms with E-state index in [2.05, 4.69) is 6.92 Å². The minimum absolute atomic E-state index is 0.104. The molecule has 11 heavy (non-hydrogen) atoms. The Morgan fingerprint density at radius 1 is 1.55 bits per heavy atom. The van der Waals surface area contributed by atoms with Crippen LogP contribution in [0.5, 0.6) is 0 Å². The Kier molecular flexibility index (Phi) is 3.10. The molecule has 0 aromatic heterocycles. The summed E-state index contributed by atoms with van der Waals surface area (Å²) in [6.45, 7) is 3.04. The van der Waals surface area contributed by atoms with Crippen LogP contribution in [-0.4, -0.2) is 35.3 Å². The molecular weight excluding hydrogens is 156 g/mol. The molecule has 1 fully saturated rings. The first-order valence-corrected chi connectivity index (χ1v) is 5.36. The summed E-state index contributed by atoms with van der Waals surface area (Å²) in [4.78, 5) is 0. The van der Waals surface area contributed by atoms with Gasteiger partial charge in [-0.15, -0.1) is 0 Å². The third-order valence-electron chi connectivity index (χ3n) is 2.71. The van der Waals surface area contributed by atoms with E-state index in [1.807, 2.05) is 0 Å². The Balaban J connectivity index is 2.49. The van der Waals surface area contributed by atoms with Crippen LogP contribution in [0.15, 0.2) is 0 Å². The number of rotatable bonds is 2. The quantitative estimate of drug-likeness (QED) is 0.560. The van der Waals surface area contributed by atoms with Crippen molar-refractivity contribution in [2.75, 3.05) is 13.7 Å². The average Bonchev–Trinajstić information content (AvgIpc) is 2.04. The van der Waals surface area contributed by atoms with Gasteiger partial charge in [0, 0.05) is 24.0 Å². The van der Waals surface area contributed by atoms with E-state index in [0.717, 1.165) is 16.8 Å². The van der Waals surface area contributed by atoms with Crippen molar-refractivity contribution in [1.82, 2.24) is 0 Å². The van der Waals surface area contributed by atoms with Gasteiger partial charge in [-0.05, 0) is 26.2 Å². The molecule has 0 bridgehead atoms. The van der Waals surface area contributed by atoms with Crippen LogP contribution in [0.25, 0.3) is 0 Å². The lowest BCUT2D eigenvalue weighted by molar-refractivity contribution is -0.0994. The highest BCUT2D eigenvalue weighted by atomic mass is 28.1. The first-order chi connectivity index (χ1) is 5.19. The Morgan fingerprint density at radius 3 is 2.73 bits per heavy atom. The van der Waals surface area contributed by atoms with Crippen LogP contribution in [0.1, 0.15) is 26.2 Å². The highest BCUT2D eigenvalue weighted by molar-refractivity contribution is 6.15. The van der Waals surface area contributed by atoms with E-state index >= 15 is 0 Å². The molecule has 2 atom stereocenters. The maximum Gasteiger partial charge on any atom is 0.0792 e. The molecule has 0 amide bonds. The zero-order valence-corrected chi connectivity index (χ0v) is 9.72. The van der Waals surface area contributed by atoms with E-state index in [-0.39, 0.29) is 11.3 Å². The van der Waals surface area contributed by atoms with Gasteiger partial charge in [0.2, 0.25) is 0 Å². The van der Waals surface area contributed by atoms with Crippen LogP contribution in [0, 0.1) is 0 Å². The molecule has 0 saturated carbocycles. The van der Waals surface area contributed by atoms with Crippen LogP contribution in [0.3, 0.4) is 0 Å². The third kappa shape index (κ3) is 2.04. The lowest BCUT2D eigenvalue weighted by Gasteiger charge is -2.38. The maximum atomic E-state index is 5.75. The smallest absolute Gasteiger partial charge is 0.0792 e. The highest BCUT2D eigenvalue weighted by Gasteiger charge is 2.33. The Morgan fingerprint density at radius 2 is 2.27 bits per heavy atom. The Bertz CT molecular complexity index is 121. The van der Waals surface area contributed by atoms with E-state index in [0.29, 0.717) is 0 Å². The van der Waals surface area contributed by atoms with Gasteiger partial charge in [0.05, 0.1) is 11.3 Å². The molecule has 0 aromatic rings. The summed E-state index contributed by atoms with van der Waals surface area (Å²) in [5, 5.41) is 0.104. The molecule has 2 unspecified atom stereocenters. The molecule has 3 heteroatoms. The van der Waals surface area contributed by atoms with Gasteiger partial charge in [-0.25, -0.2) is 0 Å². The lowest BCUT2D eigenvalue weighted by Crippen LogP contribution is -2.47. The number of hydrogen-bond donors (Lipinski definition) is 0. The van der Waals surface area contributed by atoms with Crippen LogP contribution in [-0.2, 0) is 9.47 Å². The zero-order chi connectivity index (χ0) is 8.32. The average molecular weight is 174 g/mol. The summed E-state index contributed by atoms with van der Waals surface area (Å²) in [5.74, 6) is 0. The molecule has 1 aliphatic heterocycles. The normalized spacial score (nSPS) is 35.5. The number of ether oxygens (including phenoxy) is 2. The van der Waals surface area contributed by atoms with Crippen molar-refractivity contribution in [3.63, 3.8) is 0 Å². The Hall–Kier alpha value is 0.137. The molecule has 66 valence electrons. The predicted octanol–water partition coefficient (Wildman–Crippen LogP) is 0.283. The van der Waals surface area contributed by atoms with Crippen LogP contribution < -0.4 is 0 Å². The molecule has 1 aliphatic rings. The van der Waals surface area contributed by atoms with Crippen molar-refractivity contribution in [1.29, 1.82) is 0 Å². The molecule has 2 nitrogen and oxygen atoms in total. The molecular formula is C8H18O2Si.